The van der Waals surface area contributed by atoms with Gasteiger partial charge >= 0.3 is 0 Å². The van der Waals surface area contributed by atoms with Crippen LogP contribution in [0.15, 0.2) is 18.2 Å². The summed E-state index contributed by atoms with van der Waals surface area (Å²) in [5.41, 5.74) is 3.61. The van der Waals surface area contributed by atoms with Gasteiger partial charge in [-0.25, -0.2) is 4.39 Å². The van der Waals surface area contributed by atoms with Crippen LogP contribution < -0.4 is 11.3 Å². The highest BCUT2D eigenvalue weighted by molar-refractivity contribution is 6.31. The van der Waals surface area contributed by atoms with Crippen LogP contribution in [-0.4, -0.2) is 6.04 Å². The lowest BCUT2D eigenvalue weighted by molar-refractivity contribution is 0.462. The van der Waals surface area contributed by atoms with Crippen molar-refractivity contribution < 1.29 is 4.39 Å². The highest BCUT2D eigenvalue weighted by atomic mass is 35.5. The molecule has 4 heteroatoms. The maximum absolute atomic E-state index is 13.1. The first-order valence-corrected chi connectivity index (χ1v) is 6.95. The number of rotatable bonds is 8. The zero-order valence-electron chi connectivity index (χ0n) is 10.9. The molecule has 0 saturated heterocycles. The third kappa shape index (κ3) is 5.34. The van der Waals surface area contributed by atoms with E-state index in [1.165, 1.54) is 31.4 Å². The second kappa shape index (κ2) is 8.46. The number of nitrogens with one attached hydrogen (secondary N) is 1. The third-order valence-corrected chi connectivity index (χ3v) is 3.48. The summed E-state index contributed by atoms with van der Waals surface area (Å²) in [6, 6.07) is 4.61. The standard InChI is InChI=1S/C14H22ClFN2/c1-2-3-4-5-6-13(18-17)10-11-9-12(16)7-8-14(11)15/h7-9,13,18H,2-6,10,17H2,1H3. The van der Waals surface area contributed by atoms with E-state index in [2.05, 4.69) is 12.3 Å². The molecule has 1 aromatic carbocycles. The van der Waals surface area contributed by atoms with Crippen molar-refractivity contribution >= 4 is 11.6 Å². The van der Waals surface area contributed by atoms with Crippen LogP contribution in [0.2, 0.25) is 5.02 Å². The van der Waals surface area contributed by atoms with Crippen molar-refractivity contribution in [2.24, 2.45) is 5.84 Å². The molecule has 2 nitrogen and oxygen atoms in total. The summed E-state index contributed by atoms with van der Waals surface area (Å²) in [5.74, 6) is 5.28. The molecule has 1 unspecified atom stereocenters. The highest BCUT2D eigenvalue weighted by Crippen LogP contribution is 2.20. The minimum Gasteiger partial charge on any atom is -0.271 e. The summed E-state index contributed by atoms with van der Waals surface area (Å²) in [4.78, 5) is 0. The van der Waals surface area contributed by atoms with Crippen molar-refractivity contribution in [3.8, 4) is 0 Å². The molecule has 1 atom stereocenters. The number of hydrazine groups is 1. The molecule has 0 spiro atoms. The third-order valence-electron chi connectivity index (χ3n) is 3.12. The van der Waals surface area contributed by atoms with Crippen molar-refractivity contribution in [2.45, 2.75) is 51.5 Å². The molecular weight excluding hydrogens is 251 g/mol. The molecular formula is C14H22ClFN2. The Balaban J connectivity index is 2.48. The lowest BCUT2D eigenvalue weighted by atomic mass is 10.0. The average Bonchev–Trinajstić information content (AvgIpc) is 2.37. The molecule has 0 saturated carbocycles. The largest absolute Gasteiger partial charge is 0.271 e. The van der Waals surface area contributed by atoms with E-state index in [9.17, 15) is 4.39 Å². The smallest absolute Gasteiger partial charge is 0.123 e. The molecule has 0 fully saturated rings. The maximum Gasteiger partial charge on any atom is 0.123 e. The molecule has 0 aliphatic carbocycles. The molecule has 18 heavy (non-hydrogen) atoms. The fourth-order valence-corrected chi connectivity index (χ4v) is 2.22. The predicted octanol–water partition coefficient (Wildman–Crippen LogP) is 3.82. The Morgan fingerprint density at radius 3 is 2.78 bits per heavy atom. The van der Waals surface area contributed by atoms with Gasteiger partial charge in [-0.3, -0.25) is 11.3 Å². The molecule has 0 aliphatic rings. The quantitative estimate of drug-likeness (QED) is 0.429. The second-order valence-electron chi connectivity index (χ2n) is 4.65. The van der Waals surface area contributed by atoms with Crippen molar-refractivity contribution in [1.82, 2.24) is 5.43 Å². The van der Waals surface area contributed by atoms with Gasteiger partial charge in [0.2, 0.25) is 0 Å². The van der Waals surface area contributed by atoms with E-state index in [0.717, 1.165) is 18.4 Å². The Morgan fingerprint density at radius 2 is 2.11 bits per heavy atom. The minimum atomic E-state index is -0.254. The molecule has 1 rings (SSSR count). The van der Waals surface area contributed by atoms with E-state index in [1.807, 2.05) is 0 Å². The van der Waals surface area contributed by atoms with Gasteiger partial charge in [-0.1, -0.05) is 44.2 Å². The molecule has 3 N–H and O–H groups in total. The number of nitrogens with two attached hydrogens (primary N) is 1. The van der Waals surface area contributed by atoms with Crippen LogP contribution >= 0.6 is 11.6 Å². The van der Waals surface area contributed by atoms with Gasteiger partial charge in [0.15, 0.2) is 0 Å². The number of benzene rings is 1. The van der Waals surface area contributed by atoms with Crippen molar-refractivity contribution in [1.29, 1.82) is 0 Å². The first kappa shape index (κ1) is 15.4. The summed E-state index contributed by atoms with van der Waals surface area (Å²) in [6.07, 6.45) is 6.47. The van der Waals surface area contributed by atoms with Crippen LogP contribution in [0.25, 0.3) is 0 Å². The maximum atomic E-state index is 13.1. The normalized spacial score (nSPS) is 12.7. The van der Waals surface area contributed by atoms with Gasteiger partial charge in [-0.15, -0.1) is 0 Å². The van der Waals surface area contributed by atoms with Crippen molar-refractivity contribution in [3.05, 3.63) is 34.6 Å². The Labute approximate surface area is 114 Å². The van der Waals surface area contributed by atoms with Crippen molar-refractivity contribution in [3.63, 3.8) is 0 Å². The Morgan fingerprint density at radius 1 is 1.33 bits per heavy atom. The summed E-state index contributed by atoms with van der Waals surface area (Å²) < 4.78 is 13.1. The van der Waals surface area contributed by atoms with Crippen LogP contribution in [0.1, 0.15) is 44.6 Å². The minimum absolute atomic E-state index is 0.154. The number of halogens is 2. The summed E-state index contributed by atoms with van der Waals surface area (Å²) in [7, 11) is 0. The van der Waals surface area contributed by atoms with Crippen LogP contribution in [0, 0.1) is 5.82 Å². The first-order valence-electron chi connectivity index (χ1n) is 6.57. The lowest BCUT2D eigenvalue weighted by Gasteiger charge is -2.16. The number of unbranched alkanes of at least 4 members (excludes halogenated alkanes) is 3. The Kier molecular flexibility index (Phi) is 7.25. The zero-order valence-corrected chi connectivity index (χ0v) is 11.6. The summed E-state index contributed by atoms with van der Waals surface area (Å²) >= 11 is 6.05. The van der Waals surface area contributed by atoms with E-state index in [-0.39, 0.29) is 11.9 Å². The summed E-state index contributed by atoms with van der Waals surface area (Å²) in [5, 5.41) is 0.602. The fourth-order valence-electron chi connectivity index (χ4n) is 2.03. The number of hydrogen-bond acceptors (Lipinski definition) is 2. The van der Waals surface area contributed by atoms with E-state index in [0.29, 0.717) is 11.4 Å². The molecule has 0 aromatic heterocycles. The van der Waals surface area contributed by atoms with Gasteiger partial charge < -0.3 is 0 Å². The van der Waals surface area contributed by atoms with E-state index < -0.39 is 0 Å². The Hall–Kier alpha value is -0.640. The monoisotopic (exact) mass is 272 g/mol. The first-order chi connectivity index (χ1) is 8.67. The second-order valence-corrected chi connectivity index (χ2v) is 5.06. The van der Waals surface area contributed by atoms with Gasteiger partial charge in [0.05, 0.1) is 0 Å². The van der Waals surface area contributed by atoms with Gasteiger partial charge in [-0.05, 0) is 36.6 Å². The SMILES string of the molecule is CCCCCCC(Cc1cc(F)ccc1Cl)NN. The lowest BCUT2D eigenvalue weighted by Crippen LogP contribution is -2.36. The molecule has 1 aromatic rings. The summed E-state index contributed by atoms with van der Waals surface area (Å²) in [6.45, 7) is 2.19. The van der Waals surface area contributed by atoms with Gasteiger partial charge in [0, 0.05) is 11.1 Å². The van der Waals surface area contributed by atoms with Gasteiger partial charge in [0.1, 0.15) is 5.82 Å². The van der Waals surface area contributed by atoms with Crippen LogP contribution in [-0.2, 0) is 6.42 Å². The molecule has 102 valence electrons. The average molecular weight is 273 g/mol. The van der Waals surface area contributed by atoms with E-state index in [4.69, 9.17) is 17.4 Å². The van der Waals surface area contributed by atoms with Gasteiger partial charge in [-0.2, -0.15) is 0 Å². The zero-order chi connectivity index (χ0) is 13.4. The van der Waals surface area contributed by atoms with E-state index >= 15 is 0 Å². The predicted molar refractivity (Wildman–Crippen MR) is 75.0 cm³/mol. The van der Waals surface area contributed by atoms with Crippen molar-refractivity contribution in [2.75, 3.05) is 0 Å². The highest BCUT2D eigenvalue weighted by Gasteiger charge is 2.10. The molecule has 0 aliphatic heterocycles. The van der Waals surface area contributed by atoms with Crippen LogP contribution in [0.3, 0.4) is 0 Å². The van der Waals surface area contributed by atoms with Crippen LogP contribution in [0.4, 0.5) is 4.39 Å². The van der Waals surface area contributed by atoms with Crippen LogP contribution in [0.5, 0.6) is 0 Å². The van der Waals surface area contributed by atoms with Gasteiger partial charge in [0.25, 0.3) is 0 Å². The van der Waals surface area contributed by atoms with E-state index in [1.54, 1.807) is 6.07 Å². The molecule has 0 bridgehead atoms. The molecule has 0 radical (unpaired) electrons. The number of hydrogen-bond donors (Lipinski definition) is 2. The Bertz CT molecular complexity index is 358. The fraction of sp³-hybridized carbons (Fsp3) is 0.571. The topological polar surface area (TPSA) is 38.0 Å². The molecule has 0 heterocycles. The molecule has 0 amide bonds.